The summed E-state index contributed by atoms with van der Waals surface area (Å²) in [7, 11) is 1.76. The molecular weight excluding hydrogens is 294 g/mol. The van der Waals surface area contributed by atoms with Gasteiger partial charge in [-0.3, -0.25) is 0 Å². The van der Waals surface area contributed by atoms with Crippen molar-refractivity contribution in [1.29, 1.82) is 0 Å². The summed E-state index contributed by atoms with van der Waals surface area (Å²) < 4.78 is 9.95. The molecule has 2 N–H and O–H groups in total. The third-order valence-electron chi connectivity index (χ3n) is 3.99. The maximum Gasteiger partial charge on any atom is 0.191 e. The van der Waals surface area contributed by atoms with Crippen LogP contribution in [0, 0.1) is 0 Å². The van der Waals surface area contributed by atoms with Crippen LogP contribution in [-0.4, -0.2) is 62.0 Å². The number of aromatic nitrogens is 1. The first-order valence-corrected chi connectivity index (χ1v) is 8.47. The lowest BCUT2D eigenvalue weighted by Gasteiger charge is -2.33. The normalized spacial score (nSPS) is 17.4. The lowest BCUT2D eigenvalue weighted by molar-refractivity contribution is 0.155. The smallest absolute Gasteiger partial charge is 0.191 e. The van der Waals surface area contributed by atoms with Gasteiger partial charge in [0.1, 0.15) is 12.0 Å². The number of rotatable bonds is 8. The second-order valence-corrected chi connectivity index (χ2v) is 5.79. The summed E-state index contributed by atoms with van der Waals surface area (Å²) in [6, 6.07) is 2.31. The van der Waals surface area contributed by atoms with Crippen LogP contribution in [0.4, 0.5) is 0 Å². The molecular formula is C16H29N5O2. The van der Waals surface area contributed by atoms with Crippen LogP contribution in [0.2, 0.25) is 0 Å². The molecule has 0 atom stereocenters. The van der Waals surface area contributed by atoms with E-state index >= 15 is 0 Å². The molecule has 1 aromatic rings. The first-order chi connectivity index (χ1) is 11.3. The molecule has 0 saturated carbocycles. The summed E-state index contributed by atoms with van der Waals surface area (Å²) in [4.78, 5) is 7.08. The molecule has 0 spiro atoms. The zero-order valence-corrected chi connectivity index (χ0v) is 14.3. The fraction of sp³-hybridized carbons (Fsp3) is 0.750. The van der Waals surface area contributed by atoms with Crippen LogP contribution in [0.15, 0.2) is 21.8 Å². The minimum absolute atomic E-state index is 0.476. The second kappa shape index (κ2) is 10.2. The number of nitrogens with one attached hydrogen (secondary N) is 2. The Morgan fingerprint density at radius 3 is 2.96 bits per heavy atom. The molecule has 0 aromatic carbocycles. The molecule has 0 aliphatic carbocycles. The molecule has 0 unspecified atom stereocenters. The zero-order valence-electron chi connectivity index (χ0n) is 14.3. The van der Waals surface area contributed by atoms with E-state index in [1.165, 1.54) is 0 Å². The Labute approximate surface area is 138 Å². The standard InChI is InChI=1S/C16H29N5O2/c1-3-17-16(18-13-15-7-12-23-20-15)19-14-5-9-21(10-6-14)8-4-11-22-2/h7,12,14H,3-6,8-11,13H2,1-2H3,(H2,17,18,19). The minimum atomic E-state index is 0.476. The summed E-state index contributed by atoms with van der Waals surface area (Å²) in [6.45, 7) is 7.68. The van der Waals surface area contributed by atoms with Crippen LogP contribution >= 0.6 is 0 Å². The van der Waals surface area contributed by atoms with Gasteiger partial charge in [-0.15, -0.1) is 0 Å². The number of guanidine groups is 1. The van der Waals surface area contributed by atoms with E-state index < -0.39 is 0 Å². The third-order valence-corrected chi connectivity index (χ3v) is 3.99. The van der Waals surface area contributed by atoms with Gasteiger partial charge in [-0.05, 0) is 26.2 Å². The highest BCUT2D eigenvalue weighted by molar-refractivity contribution is 5.80. The van der Waals surface area contributed by atoms with Crippen LogP contribution < -0.4 is 10.6 Å². The van der Waals surface area contributed by atoms with Gasteiger partial charge in [0.2, 0.25) is 0 Å². The van der Waals surface area contributed by atoms with Crippen molar-refractivity contribution in [3.05, 3.63) is 18.0 Å². The molecule has 7 heteroatoms. The molecule has 7 nitrogen and oxygen atoms in total. The van der Waals surface area contributed by atoms with Crippen molar-refractivity contribution in [1.82, 2.24) is 20.7 Å². The molecule has 1 aliphatic heterocycles. The van der Waals surface area contributed by atoms with Gasteiger partial charge in [-0.25, -0.2) is 4.99 Å². The molecule has 2 rings (SSSR count). The predicted octanol–water partition coefficient (Wildman–Crippen LogP) is 1.23. The molecule has 1 saturated heterocycles. The number of piperidine rings is 1. The van der Waals surface area contributed by atoms with E-state index in [0.717, 1.165) is 63.7 Å². The lowest BCUT2D eigenvalue weighted by Crippen LogP contribution is -2.48. The highest BCUT2D eigenvalue weighted by Gasteiger charge is 2.19. The van der Waals surface area contributed by atoms with Crippen LogP contribution in [0.25, 0.3) is 0 Å². The van der Waals surface area contributed by atoms with Gasteiger partial charge in [0, 0.05) is 52.0 Å². The second-order valence-electron chi connectivity index (χ2n) is 5.79. The highest BCUT2D eigenvalue weighted by Crippen LogP contribution is 2.10. The van der Waals surface area contributed by atoms with E-state index in [-0.39, 0.29) is 0 Å². The number of methoxy groups -OCH3 is 1. The fourth-order valence-electron chi connectivity index (χ4n) is 2.73. The topological polar surface area (TPSA) is 74.9 Å². The van der Waals surface area contributed by atoms with Crippen molar-refractivity contribution in [2.75, 3.05) is 39.9 Å². The summed E-state index contributed by atoms with van der Waals surface area (Å²) in [5.74, 6) is 0.855. The molecule has 0 radical (unpaired) electrons. The van der Waals surface area contributed by atoms with Gasteiger partial charge in [0.25, 0.3) is 0 Å². The quantitative estimate of drug-likeness (QED) is 0.426. The molecule has 1 aromatic heterocycles. The van der Waals surface area contributed by atoms with Gasteiger partial charge < -0.3 is 24.8 Å². The summed E-state index contributed by atoms with van der Waals surface area (Å²) in [5, 5.41) is 10.7. The van der Waals surface area contributed by atoms with Gasteiger partial charge in [0.15, 0.2) is 5.96 Å². The highest BCUT2D eigenvalue weighted by atomic mass is 16.5. The number of aliphatic imine (C=N–C) groups is 1. The summed E-state index contributed by atoms with van der Waals surface area (Å²) >= 11 is 0. The van der Waals surface area contributed by atoms with Crippen LogP contribution in [0.3, 0.4) is 0 Å². The number of likely N-dealkylation sites (tertiary alicyclic amines) is 1. The summed E-state index contributed by atoms with van der Waals surface area (Å²) in [5.41, 5.74) is 0.843. The maximum absolute atomic E-state index is 5.12. The Kier molecular flexibility index (Phi) is 7.89. The van der Waals surface area contributed by atoms with Crippen molar-refractivity contribution in [3.63, 3.8) is 0 Å². The Morgan fingerprint density at radius 2 is 2.30 bits per heavy atom. The van der Waals surface area contributed by atoms with Crippen molar-refractivity contribution in [2.45, 2.75) is 38.8 Å². The van der Waals surface area contributed by atoms with E-state index in [1.54, 1.807) is 13.4 Å². The Morgan fingerprint density at radius 1 is 1.48 bits per heavy atom. The van der Waals surface area contributed by atoms with E-state index in [1.807, 2.05) is 6.07 Å². The van der Waals surface area contributed by atoms with Crippen LogP contribution in [0.1, 0.15) is 31.9 Å². The van der Waals surface area contributed by atoms with Crippen molar-refractivity contribution in [2.24, 2.45) is 4.99 Å². The molecule has 0 bridgehead atoms. The Bertz CT molecular complexity index is 441. The van der Waals surface area contributed by atoms with Gasteiger partial charge in [-0.1, -0.05) is 5.16 Å². The fourth-order valence-corrected chi connectivity index (χ4v) is 2.73. The molecule has 0 amide bonds. The molecule has 23 heavy (non-hydrogen) atoms. The van der Waals surface area contributed by atoms with E-state index in [4.69, 9.17) is 9.26 Å². The number of nitrogens with zero attached hydrogens (tertiary/aromatic N) is 3. The van der Waals surface area contributed by atoms with Crippen LogP contribution in [-0.2, 0) is 11.3 Å². The lowest BCUT2D eigenvalue weighted by atomic mass is 10.1. The van der Waals surface area contributed by atoms with Gasteiger partial charge >= 0.3 is 0 Å². The Balaban J connectivity index is 1.74. The zero-order chi connectivity index (χ0) is 16.3. The van der Waals surface area contributed by atoms with Crippen LogP contribution in [0.5, 0.6) is 0 Å². The first-order valence-electron chi connectivity index (χ1n) is 8.47. The van der Waals surface area contributed by atoms with Crippen molar-refractivity contribution < 1.29 is 9.26 Å². The number of hydrogen-bond acceptors (Lipinski definition) is 5. The molecule has 130 valence electrons. The summed E-state index contributed by atoms with van der Waals surface area (Å²) in [6.07, 6.45) is 4.96. The average molecular weight is 323 g/mol. The van der Waals surface area contributed by atoms with Crippen molar-refractivity contribution in [3.8, 4) is 0 Å². The van der Waals surface area contributed by atoms with Gasteiger partial charge in [-0.2, -0.15) is 0 Å². The monoisotopic (exact) mass is 323 g/mol. The maximum atomic E-state index is 5.12. The predicted molar refractivity (Wildman–Crippen MR) is 90.4 cm³/mol. The third kappa shape index (κ3) is 6.58. The average Bonchev–Trinajstić information content (AvgIpc) is 3.08. The van der Waals surface area contributed by atoms with Crippen molar-refractivity contribution >= 4 is 5.96 Å². The minimum Gasteiger partial charge on any atom is -0.385 e. The number of hydrogen-bond donors (Lipinski definition) is 2. The Hall–Kier alpha value is -1.60. The number of ether oxygens (including phenoxy) is 1. The van der Waals surface area contributed by atoms with Gasteiger partial charge in [0.05, 0.1) is 6.54 Å². The van der Waals surface area contributed by atoms with E-state index in [0.29, 0.717) is 12.6 Å². The first kappa shape index (κ1) is 17.7. The SMILES string of the molecule is CCNC(=NCc1ccon1)NC1CCN(CCCOC)CC1. The van der Waals surface area contributed by atoms with E-state index in [2.05, 4.69) is 32.6 Å². The molecule has 1 aliphatic rings. The molecule has 2 heterocycles. The largest absolute Gasteiger partial charge is 0.385 e. The van der Waals surface area contributed by atoms with E-state index in [9.17, 15) is 0 Å². The molecule has 1 fully saturated rings.